The lowest BCUT2D eigenvalue weighted by molar-refractivity contribution is -0.131. The molecule has 2 saturated heterocycles. The highest BCUT2D eigenvalue weighted by Gasteiger charge is 2.41. The predicted molar refractivity (Wildman–Crippen MR) is 80.0 cm³/mol. The van der Waals surface area contributed by atoms with Gasteiger partial charge in [0.25, 0.3) is 0 Å². The van der Waals surface area contributed by atoms with Gasteiger partial charge in [0, 0.05) is 24.9 Å². The Labute approximate surface area is 123 Å². The third-order valence-corrected chi connectivity index (χ3v) is 4.25. The van der Waals surface area contributed by atoms with Gasteiger partial charge in [0.15, 0.2) is 0 Å². The molecule has 2 atom stereocenters. The quantitative estimate of drug-likeness (QED) is 0.826. The number of rotatable bonds is 3. The van der Waals surface area contributed by atoms with E-state index in [-0.39, 0.29) is 17.9 Å². The Hall–Kier alpha value is -2.30. The number of aliphatic carboxylic acids is 1. The number of hydrogen-bond donors (Lipinski definition) is 2. The number of amides is 1. The lowest BCUT2D eigenvalue weighted by atomic mass is 9.90. The van der Waals surface area contributed by atoms with Crippen molar-refractivity contribution < 1.29 is 14.7 Å². The van der Waals surface area contributed by atoms with Crippen molar-refractivity contribution in [2.45, 2.75) is 18.9 Å². The molecule has 21 heavy (non-hydrogen) atoms. The summed E-state index contributed by atoms with van der Waals surface area (Å²) in [6.45, 7) is 1.56. The molecule has 0 bridgehead atoms. The molecule has 2 aliphatic heterocycles. The first kappa shape index (κ1) is 13.7. The molecule has 1 aromatic rings. The standard InChI is InChI=1S/C16H18N2O3/c19-15(20)8-7-11-4-1-2-6-13(11)18-9-3-5-12-14(18)10-17-16(12)21/h1-2,4,6-8,12,14H,3,5,9-10H2,(H,17,21)(H,19,20)/b8-7+. The van der Waals surface area contributed by atoms with Gasteiger partial charge in [0.2, 0.25) is 5.91 Å². The first-order chi connectivity index (χ1) is 10.2. The number of benzene rings is 1. The van der Waals surface area contributed by atoms with Crippen LogP contribution in [0.2, 0.25) is 0 Å². The van der Waals surface area contributed by atoms with Crippen LogP contribution in [-0.2, 0) is 9.59 Å². The minimum atomic E-state index is -0.959. The molecule has 2 fully saturated rings. The number of carbonyl (C=O) groups is 2. The molecule has 5 nitrogen and oxygen atoms in total. The zero-order valence-electron chi connectivity index (χ0n) is 11.7. The van der Waals surface area contributed by atoms with Crippen molar-refractivity contribution >= 4 is 23.6 Å². The van der Waals surface area contributed by atoms with Gasteiger partial charge < -0.3 is 15.3 Å². The third kappa shape index (κ3) is 2.63. The number of piperidine rings is 1. The number of anilines is 1. The Morgan fingerprint density at radius 2 is 2.19 bits per heavy atom. The molecule has 5 heteroatoms. The topological polar surface area (TPSA) is 69.6 Å². The van der Waals surface area contributed by atoms with E-state index in [2.05, 4.69) is 10.2 Å². The van der Waals surface area contributed by atoms with E-state index in [4.69, 9.17) is 5.11 Å². The molecule has 0 spiro atoms. The SMILES string of the molecule is O=C(O)/C=C/c1ccccc1N1CCCC2C(=O)NCC21. The Bertz CT molecular complexity index is 597. The van der Waals surface area contributed by atoms with Gasteiger partial charge in [-0.15, -0.1) is 0 Å². The van der Waals surface area contributed by atoms with E-state index in [0.717, 1.165) is 36.7 Å². The molecule has 2 unspecified atom stereocenters. The molecule has 3 rings (SSSR count). The summed E-state index contributed by atoms with van der Waals surface area (Å²) in [6.07, 6.45) is 4.68. The molecule has 1 aromatic carbocycles. The molecule has 0 aliphatic carbocycles. The van der Waals surface area contributed by atoms with Crippen molar-refractivity contribution in [2.24, 2.45) is 5.92 Å². The number of nitrogens with one attached hydrogen (secondary N) is 1. The van der Waals surface area contributed by atoms with Gasteiger partial charge in [-0.05, 0) is 30.5 Å². The number of carbonyl (C=O) groups excluding carboxylic acids is 1. The van der Waals surface area contributed by atoms with Crippen LogP contribution in [0.25, 0.3) is 6.08 Å². The van der Waals surface area contributed by atoms with E-state index < -0.39 is 5.97 Å². The zero-order valence-corrected chi connectivity index (χ0v) is 11.7. The fraction of sp³-hybridized carbons (Fsp3) is 0.375. The molecule has 2 heterocycles. The summed E-state index contributed by atoms with van der Waals surface area (Å²) >= 11 is 0. The predicted octanol–water partition coefficient (Wildman–Crippen LogP) is 1.50. The van der Waals surface area contributed by atoms with Gasteiger partial charge >= 0.3 is 5.97 Å². The van der Waals surface area contributed by atoms with Gasteiger partial charge in [-0.25, -0.2) is 4.79 Å². The molecular weight excluding hydrogens is 268 g/mol. The molecular formula is C16H18N2O3. The smallest absolute Gasteiger partial charge is 0.328 e. The van der Waals surface area contributed by atoms with Gasteiger partial charge in [0.1, 0.15) is 0 Å². The van der Waals surface area contributed by atoms with Crippen molar-refractivity contribution in [1.29, 1.82) is 0 Å². The van der Waals surface area contributed by atoms with Crippen LogP contribution in [0.1, 0.15) is 18.4 Å². The highest BCUT2D eigenvalue weighted by atomic mass is 16.4. The van der Waals surface area contributed by atoms with Crippen LogP contribution in [0.15, 0.2) is 30.3 Å². The van der Waals surface area contributed by atoms with Gasteiger partial charge in [-0.2, -0.15) is 0 Å². The second kappa shape index (κ2) is 5.60. The van der Waals surface area contributed by atoms with Gasteiger partial charge in [0.05, 0.1) is 12.0 Å². The normalized spacial score (nSPS) is 25.0. The first-order valence-electron chi connectivity index (χ1n) is 7.21. The molecule has 0 radical (unpaired) electrons. The Morgan fingerprint density at radius 3 is 3.00 bits per heavy atom. The average Bonchev–Trinajstić information content (AvgIpc) is 2.87. The maximum absolute atomic E-state index is 11.9. The van der Waals surface area contributed by atoms with Crippen molar-refractivity contribution in [3.8, 4) is 0 Å². The van der Waals surface area contributed by atoms with Crippen LogP contribution >= 0.6 is 0 Å². The second-order valence-corrected chi connectivity index (χ2v) is 5.49. The van der Waals surface area contributed by atoms with Crippen LogP contribution in [0.3, 0.4) is 0 Å². The van der Waals surface area contributed by atoms with E-state index in [9.17, 15) is 9.59 Å². The fourth-order valence-electron chi connectivity index (χ4n) is 3.30. The highest BCUT2D eigenvalue weighted by Crippen LogP contribution is 2.33. The summed E-state index contributed by atoms with van der Waals surface area (Å²) in [7, 11) is 0. The average molecular weight is 286 g/mol. The minimum Gasteiger partial charge on any atom is -0.478 e. The largest absolute Gasteiger partial charge is 0.478 e. The minimum absolute atomic E-state index is 0.0512. The Balaban J connectivity index is 1.92. The molecule has 2 N–H and O–H groups in total. The van der Waals surface area contributed by atoms with Gasteiger partial charge in [-0.3, -0.25) is 4.79 Å². The number of fused-ring (bicyclic) bond motifs is 1. The van der Waals surface area contributed by atoms with Crippen molar-refractivity contribution in [3.05, 3.63) is 35.9 Å². The third-order valence-electron chi connectivity index (χ3n) is 4.25. The second-order valence-electron chi connectivity index (χ2n) is 5.49. The summed E-state index contributed by atoms with van der Waals surface area (Å²) in [6, 6.07) is 7.91. The maximum Gasteiger partial charge on any atom is 0.328 e. The molecule has 2 aliphatic rings. The monoisotopic (exact) mass is 286 g/mol. The molecule has 110 valence electrons. The molecule has 1 amide bonds. The lowest BCUT2D eigenvalue weighted by Crippen LogP contribution is -2.46. The van der Waals surface area contributed by atoms with Crippen LogP contribution in [0, 0.1) is 5.92 Å². The van der Waals surface area contributed by atoms with Crippen molar-refractivity contribution in [3.63, 3.8) is 0 Å². The van der Waals surface area contributed by atoms with E-state index in [1.165, 1.54) is 0 Å². The maximum atomic E-state index is 11.9. The van der Waals surface area contributed by atoms with Crippen molar-refractivity contribution in [1.82, 2.24) is 5.32 Å². The highest BCUT2D eigenvalue weighted by molar-refractivity contribution is 5.87. The van der Waals surface area contributed by atoms with Crippen molar-refractivity contribution in [2.75, 3.05) is 18.0 Å². The summed E-state index contributed by atoms with van der Waals surface area (Å²) in [5.74, 6) is -0.766. The number of carboxylic acids is 1. The fourth-order valence-corrected chi connectivity index (χ4v) is 3.30. The first-order valence-corrected chi connectivity index (χ1v) is 7.21. The van der Waals surface area contributed by atoms with Crippen LogP contribution in [0.4, 0.5) is 5.69 Å². The van der Waals surface area contributed by atoms with E-state index in [1.807, 2.05) is 24.3 Å². The zero-order chi connectivity index (χ0) is 14.8. The Morgan fingerprint density at radius 1 is 1.38 bits per heavy atom. The van der Waals surface area contributed by atoms with Crippen LogP contribution in [0.5, 0.6) is 0 Å². The lowest BCUT2D eigenvalue weighted by Gasteiger charge is -2.38. The molecule has 0 aromatic heterocycles. The van der Waals surface area contributed by atoms with E-state index in [1.54, 1.807) is 6.08 Å². The Kier molecular flexibility index (Phi) is 3.64. The number of hydrogen-bond acceptors (Lipinski definition) is 3. The van der Waals surface area contributed by atoms with Gasteiger partial charge in [-0.1, -0.05) is 18.2 Å². The summed E-state index contributed by atoms with van der Waals surface area (Å²) < 4.78 is 0. The summed E-state index contributed by atoms with van der Waals surface area (Å²) in [4.78, 5) is 24.8. The summed E-state index contributed by atoms with van der Waals surface area (Å²) in [5.41, 5.74) is 1.88. The van der Waals surface area contributed by atoms with E-state index >= 15 is 0 Å². The van der Waals surface area contributed by atoms with Crippen LogP contribution in [-0.4, -0.2) is 36.1 Å². The number of para-hydroxylation sites is 1. The number of nitrogens with zero attached hydrogens (tertiary/aromatic N) is 1. The molecule has 0 saturated carbocycles. The van der Waals surface area contributed by atoms with E-state index in [0.29, 0.717) is 6.54 Å². The van der Waals surface area contributed by atoms with Crippen LogP contribution < -0.4 is 10.2 Å². The summed E-state index contributed by atoms with van der Waals surface area (Å²) in [5, 5.41) is 11.7. The number of carboxylic acid groups (broad SMARTS) is 1.